The fourth-order valence-corrected chi connectivity index (χ4v) is 1.47. The van der Waals surface area contributed by atoms with E-state index in [4.69, 9.17) is 5.11 Å². The Balaban J connectivity index is 2.66. The first-order valence-corrected chi connectivity index (χ1v) is 4.63. The maximum absolute atomic E-state index is 11.3. The molecule has 0 radical (unpaired) electrons. The zero-order chi connectivity index (χ0) is 9.84. The predicted octanol–water partition coefficient (Wildman–Crippen LogP) is 1.78. The minimum Gasteiger partial charge on any atom is -0.505 e. The van der Waals surface area contributed by atoms with E-state index in [0.29, 0.717) is 6.42 Å². The highest BCUT2D eigenvalue weighted by Crippen LogP contribution is 2.20. The molecule has 1 atom stereocenters. The third-order valence-corrected chi connectivity index (χ3v) is 2.30. The highest BCUT2D eigenvalue weighted by atomic mass is 16.3. The van der Waals surface area contributed by atoms with Gasteiger partial charge in [-0.15, -0.1) is 0 Å². The lowest BCUT2D eigenvalue weighted by Gasteiger charge is -2.16. The maximum Gasteiger partial charge on any atom is 0.207 e. The third-order valence-electron chi connectivity index (χ3n) is 2.30. The van der Waals surface area contributed by atoms with Gasteiger partial charge in [0.2, 0.25) is 5.78 Å². The summed E-state index contributed by atoms with van der Waals surface area (Å²) in [6, 6.07) is 0. The van der Waals surface area contributed by atoms with Crippen LogP contribution < -0.4 is 0 Å². The summed E-state index contributed by atoms with van der Waals surface area (Å²) in [7, 11) is 0. The van der Waals surface area contributed by atoms with E-state index in [1.54, 1.807) is 0 Å². The minimum atomic E-state index is -0.579. The van der Waals surface area contributed by atoms with Crippen molar-refractivity contribution in [3.05, 3.63) is 11.8 Å². The fourth-order valence-electron chi connectivity index (χ4n) is 1.47. The summed E-state index contributed by atoms with van der Waals surface area (Å²) in [5, 5.41) is 9.12. The standard InChI is InChI=1S/C10H14O3/c1-2-3-4-7-8(11)5-6-9(12)10(7)13/h6-7,12H,2-5H2,1H3. The number of hydrogen-bond donors (Lipinski definition) is 1. The van der Waals surface area contributed by atoms with Crippen LogP contribution in [-0.4, -0.2) is 16.7 Å². The SMILES string of the molecule is CCCCC1C(=O)CC=C(O)C1=O. The van der Waals surface area contributed by atoms with Crippen LogP contribution in [-0.2, 0) is 9.59 Å². The number of unbranched alkanes of at least 4 members (excludes halogenated alkanes) is 1. The first-order valence-electron chi connectivity index (χ1n) is 4.63. The van der Waals surface area contributed by atoms with Gasteiger partial charge in [-0.2, -0.15) is 0 Å². The maximum atomic E-state index is 11.3. The van der Waals surface area contributed by atoms with Crippen LogP contribution >= 0.6 is 0 Å². The van der Waals surface area contributed by atoms with Gasteiger partial charge >= 0.3 is 0 Å². The van der Waals surface area contributed by atoms with Crippen molar-refractivity contribution < 1.29 is 14.7 Å². The van der Waals surface area contributed by atoms with Crippen molar-refractivity contribution in [2.45, 2.75) is 32.6 Å². The molecule has 0 aromatic rings. The summed E-state index contributed by atoms with van der Waals surface area (Å²) in [4.78, 5) is 22.6. The van der Waals surface area contributed by atoms with Gasteiger partial charge in [0.15, 0.2) is 5.76 Å². The summed E-state index contributed by atoms with van der Waals surface area (Å²) < 4.78 is 0. The lowest BCUT2D eigenvalue weighted by atomic mass is 9.86. The Kier molecular flexibility index (Phi) is 3.23. The Bertz CT molecular complexity index is 253. The van der Waals surface area contributed by atoms with E-state index in [1.807, 2.05) is 6.92 Å². The topological polar surface area (TPSA) is 54.4 Å². The monoisotopic (exact) mass is 182 g/mol. The molecule has 0 aromatic heterocycles. The number of rotatable bonds is 3. The van der Waals surface area contributed by atoms with Crippen molar-refractivity contribution >= 4 is 11.6 Å². The van der Waals surface area contributed by atoms with Crippen molar-refractivity contribution in [3.63, 3.8) is 0 Å². The van der Waals surface area contributed by atoms with Crippen LogP contribution in [0.5, 0.6) is 0 Å². The fraction of sp³-hybridized carbons (Fsp3) is 0.600. The summed E-state index contributed by atoms with van der Waals surface area (Å²) in [5.41, 5.74) is 0. The number of allylic oxidation sites excluding steroid dienone is 2. The van der Waals surface area contributed by atoms with Gasteiger partial charge < -0.3 is 5.11 Å². The first-order chi connectivity index (χ1) is 6.16. The van der Waals surface area contributed by atoms with Crippen molar-refractivity contribution in [2.75, 3.05) is 0 Å². The molecule has 0 heterocycles. The second-order valence-corrected chi connectivity index (χ2v) is 3.32. The van der Waals surface area contributed by atoms with E-state index in [9.17, 15) is 9.59 Å². The average Bonchev–Trinajstić information content (AvgIpc) is 2.12. The number of Topliss-reactive ketones (excluding diaryl/α,β-unsaturated/α-hetero) is 2. The highest BCUT2D eigenvalue weighted by molar-refractivity contribution is 6.12. The summed E-state index contributed by atoms with van der Waals surface area (Å²) in [5.74, 6) is -1.27. The van der Waals surface area contributed by atoms with Crippen LogP contribution in [0.2, 0.25) is 0 Å². The molecule has 0 saturated carbocycles. The van der Waals surface area contributed by atoms with Gasteiger partial charge in [0.05, 0.1) is 5.92 Å². The lowest BCUT2D eigenvalue weighted by Crippen LogP contribution is -2.28. The summed E-state index contributed by atoms with van der Waals surface area (Å²) >= 11 is 0. The van der Waals surface area contributed by atoms with Gasteiger partial charge in [0, 0.05) is 6.42 Å². The van der Waals surface area contributed by atoms with E-state index in [1.165, 1.54) is 6.08 Å². The molecule has 1 aliphatic rings. The van der Waals surface area contributed by atoms with Crippen LogP contribution in [0.15, 0.2) is 11.8 Å². The molecular formula is C10H14O3. The van der Waals surface area contributed by atoms with E-state index >= 15 is 0 Å². The molecule has 0 fully saturated rings. The number of hydrogen-bond acceptors (Lipinski definition) is 3. The average molecular weight is 182 g/mol. The van der Waals surface area contributed by atoms with Crippen molar-refractivity contribution in [1.82, 2.24) is 0 Å². The predicted molar refractivity (Wildman–Crippen MR) is 48.4 cm³/mol. The Morgan fingerprint density at radius 2 is 2.23 bits per heavy atom. The molecule has 0 aromatic carbocycles. The molecule has 3 heteroatoms. The number of carbonyl (C=O) groups excluding carboxylic acids is 2. The van der Waals surface area contributed by atoms with E-state index in [0.717, 1.165) is 12.8 Å². The molecule has 3 nitrogen and oxygen atoms in total. The number of aliphatic hydroxyl groups is 1. The number of carbonyl (C=O) groups is 2. The van der Waals surface area contributed by atoms with Crippen LogP contribution in [0.1, 0.15) is 32.6 Å². The van der Waals surface area contributed by atoms with Crippen molar-refractivity contribution in [2.24, 2.45) is 5.92 Å². The molecule has 13 heavy (non-hydrogen) atoms. The number of aliphatic hydroxyl groups excluding tert-OH is 1. The van der Waals surface area contributed by atoms with Gasteiger partial charge in [-0.1, -0.05) is 19.8 Å². The quantitative estimate of drug-likeness (QED) is 0.677. The Hall–Kier alpha value is -1.12. The van der Waals surface area contributed by atoms with E-state index in [2.05, 4.69) is 0 Å². The van der Waals surface area contributed by atoms with E-state index < -0.39 is 11.7 Å². The lowest BCUT2D eigenvalue weighted by molar-refractivity contribution is -0.133. The molecular weight excluding hydrogens is 168 g/mol. The summed E-state index contributed by atoms with van der Waals surface area (Å²) in [6.07, 6.45) is 3.89. The zero-order valence-electron chi connectivity index (χ0n) is 7.75. The molecule has 0 amide bonds. The van der Waals surface area contributed by atoms with Crippen molar-refractivity contribution in [1.29, 1.82) is 0 Å². The van der Waals surface area contributed by atoms with Gasteiger partial charge in [-0.05, 0) is 12.5 Å². The molecule has 0 saturated heterocycles. The number of ketones is 2. The largest absolute Gasteiger partial charge is 0.505 e. The van der Waals surface area contributed by atoms with Gasteiger partial charge in [-0.25, -0.2) is 0 Å². The molecule has 0 aliphatic heterocycles. The second-order valence-electron chi connectivity index (χ2n) is 3.32. The molecule has 0 bridgehead atoms. The molecule has 0 spiro atoms. The molecule has 1 rings (SSSR count). The first kappa shape index (κ1) is 9.96. The Morgan fingerprint density at radius 1 is 1.54 bits per heavy atom. The normalized spacial score (nSPS) is 23.2. The van der Waals surface area contributed by atoms with Gasteiger partial charge in [0.25, 0.3) is 0 Å². The van der Waals surface area contributed by atoms with Crippen LogP contribution in [0.25, 0.3) is 0 Å². The Morgan fingerprint density at radius 3 is 2.85 bits per heavy atom. The van der Waals surface area contributed by atoms with Crippen LogP contribution in [0.3, 0.4) is 0 Å². The summed E-state index contributed by atoms with van der Waals surface area (Å²) in [6.45, 7) is 2.01. The second kappa shape index (κ2) is 4.21. The molecule has 72 valence electrons. The smallest absolute Gasteiger partial charge is 0.207 e. The Labute approximate surface area is 77.4 Å². The third kappa shape index (κ3) is 2.17. The molecule has 1 N–H and O–H groups in total. The van der Waals surface area contributed by atoms with Gasteiger partial charge in [-0.3, -0.25) is 9.59 Å². The molecule has 1 unspecified atom stereocenters. The van der Waals surface area contributed by atoms with Crippen molar-refractivity contribution in [3.8, 4) is 0 Å². The van der Waals surface area contributed by atoms with Crippen LogP contribution in [0, 0.1) is 5.92 Å². The molecule has 1 aliphatic carbocycles. The highest BCUT2D eigenvalue weighted by Gasteiger charge is 2.31. The van der Waals surface area contributed by atoms with E-state index in [-0.39, 0.29) is 18.0 Å². The minimum absolute atomic E-state index is 0.0590. The zero-order valence-corrected chi connectivity index (χ0v) is 7.75. The van der Waals surface area contributed by atoms with Gasteiger partial charge in [0.1, 0.15) is 5.78 Å². The van der Waals surface area contributed by atoms with Crippen LogP contribution in [0.4, 0.5) is 0 Å².